The first-order chi connectivity index (χ1) is 12.7. The van der Waals surface area contributed by atoms with Crippen molar-refractivity contribution in [1.29, 1.82) is 0 Å². The molecule has 146 valence electrons. The third kappa shape index (κ3) is 4.32. The van der Waals surface area contributed by atoms with Gasteiger partial charge in [0.1, 0.15) is 23.1 Å². The highest BCUT2D eigenvalue weighted by atomic mass is 16.5. The topological polar surface area (TPSA) is 88.8 Å². The quantitative estimate of drug-likeness (QED) is 0.714. The van der Waals surface area contributed by atoms with Crippen LogP contribution in [0.15, 0.2) is 22.6 Å². The molecule has 0 aliphatic rings. The van der Waals surface area contributed by atoms with Gasteiger partial charge in [0.25, 0.3) is 0 Å². The third-order valence-corrected chi connectivity index (χ3v) is 5.05. The van der Waals surface area contributed by atoms with Crippen LogP contribution in [0.25, 0.3) is 16.5 Å². The van der Waals surface area contributed by atoms with Crippen LogP contribution in [0.4, 0.5) is 0 Å². The van der Waals surface area contributed by atoms with Gasteiger partial charge in [0.15, 0.2) is 0 Å². The van der Waals surface area contributed by atoms with E-state index in [1.807, 2.05) is 26.8 Å². The van der Waals surface area contributed by atoms with Crippen molar-refractivity contribution in [2.24, 2.45) is 5.92 Å². The van der Waals surface area contributed by atoms with Gasteiger partial charge in [-0.25, -0.2) is 4.79 Å². The molecule has 0 saturated carbocycles. The van der Waals surface area contributed by atoms with Gasteiger partial charge in [-0.15, -0.1) is 0 Å². The first-order valence-electron chi connectivity index (χ1n) is 8.99. The van der Waals surface area contributed by atoms with Gasteiger partial charge < -0.3 is 19.6 Å². The molecule has 0 fully saturated rings. The number of hydrogen-bond acceptors (Lipinski definition) is 4. The van der Waals surface area contributed by atoms with Crippen LogP contribution in [0.5, 0.6) is 5.75 Å². The number of carboxylic acid groups (broad SMARTS) is 1. The highest BCUT2D eigenvalue weighted by Crippen LogP contribution is 2.34. The Bertz CT molecular complexity index is 894. The van der Waals surface area contributed by atoms with Crippen LogP contribution < -0.4 is 10.1 Å². The van der Waals surface area contributed by atoms with Crippen molar-refractivity contribution in [1.82, 2.24) is 5.32 Å². The fourth-order valence-corrected chi connectivity index (χ4v) is 3.00. The van der Waals surface area contributed by atoms with Crippen molar-refractivity contribution in [3.05, 3.63) is 35.1 Å². The summed E-state index contributed by atoms with van der Waals surface area (Å²) < 4.78 is 11.2. The molecule has 2 atom stereocenters. The SMILES string of the molecule is CCC(C)C(NC(=O)/C=C(\C)c1cc2c(C)c(C)oc2cc1OC)C(=O)O. The van der Waals surface area contributed by atoms with E-state index >= 15 is 0 Å². The number of carbonyl (C=O) groups is 2. The smallest absolute Gasteiger partial charge is 0.326 e. The van der Waals surface area contributed by atoms with E-state index in [0.29, 0.717) is 17.7 Å². The molecule has 0 saturated heterocycles. The Kier molecular flexibility index (Phi) is 6.31. The molecule has 27 heavy (non-hydrogen) atoms. The number of methoxy groups -OCH3 is 1. The lowest BCUT2D eigenvalue weighted by Crippen LogP contribution is -2.44. The second-order valence-corrected chi connectivity index (χ2v) is 6.87. The van der Waals surface area contributed by atoms with Gasteiger partial charge in [-0.1, -0.05) is 20.3 Å². The third-order valence-electron chi connectivity index (χ3n) is 5.05. The second-order valence-electron chi connectivity index (χ2n) is 6.87. The standard InChI is InChI=1S/C21H27NO5/c1-7-11(2)20(21(24)25)22-19(23)8-12(3)15-9-16-13(4)14(5)27-18(16)10-17(15)26-6/h8-11,20H,7H2,1-6H3,(H,22,23)(H,24,25)/b12-8+. The molecule has 1 aromatic heterocycles. The van der Waals surface area contributed by atoms with E-state index in [9.17, 15) is 14.7 Å². The van der Waals surface area contributed by atoms with Crippen LogP contribution in [-0.4, -0.2) is 30.1 Å². The Labute approximate surface area is 159 Å². The predicted octanol–water partition coefficient (Wildman–Crippen LogP) is 4.08. The fraction of sp³-hybridized carbons (Fsp3) is 0.429. The number of benzene rings is 1. The normalized spacial score (nSPS) is 14.1. The van der Waals surface area contributed by atoms with E-state index in [1.165, 1.54) is 6.08 Å². The van der Waals surface area contributed by atoms with Crippen LogP contribution in [0, 0.1) is 19.8 Å². The highest BCUT2D eigenvalue weighted by molar-refractivity contribution is 5.99. The molecule has 2 N–H and O–H groups in total. The number of aliphatic carboxylic acids is 1. The zero-order valence-corrected chi connectivity index (χ0v) is 16.7. The van der Waals surface area contributed by atoms with E-state index in [0.717, 1.165) is 27.9 Å². The monoisotopic (exact) mass is 373 g/mol. The molecule has 2 rings (SSSR count). The van der Waals surface area contributed by atoms with Crippen LogP contribution in [0.1, 0.15) is 44.1 Å². The van der Waals surface area contributed by atoms with E-state index in [1.54, 1.807) is 27.0 Å². The lowest BCUT2D eigenvalue weighted by molar-refractivity contribution is -0.142. The number of rotatable bonds is 7. The maximum absolute atomic E-state index is 12.4. The molecular weight excluding hydrogens is 346 g/mol. The zero-order chi connectivity index (χ0) is 20.3. The Balaban J connectivity index is 2.37. The Morgan fingerprint density at radius 1 is 1.33 bits per heavy atom. The van der Waals surface area contributed by atoms with Crippen molar-refractivity contribution in [2.75, 3.05) is 7.11 Å². The number of ether oxygens (including phenoxy) is 1. The first kappa shape index (κ1) is 20.6. The highest BCUT2D eigenvalue weighted by Gasteiger charge is 2.24. The molecule has 0 aliphatic carbocycles. The van der Waals surface area contributed by atoms with Gasteiger partial charge >= 0.3 is 5.97 Å². The minimum absolute atomic E-state index is 0.164. The minimum atomic E-state index is -1.03. The average molecular weight is 373 g/mol. The summed E-state index contributed by atoms with van der Waals surface area (Å²) in [6.07, 6.45) is 2.06. The van der Waals surface area contributed by atoms with E-state index in [-0.39, 0.29) is 5.92 Å². The Morgan fingerprint density at radius 3 is 2.56 bits per heavy atom. The molecule has 1 amide bonds. The molecule has 0 radical (unpaired) electrons. The van der Waals surface area contributed by atoms with Crippen LogP contribution in [-0.2, 0) is 9.59 Å². The Morgan fingerprint density at radius 2 is 2.00 bits per heavy atom. The second kappa shape index (κ2) is 8.29. The molecule has 0 spiro atoms. The summed E-state index contributed by atoms with van der Waals surface area (Å²) in [4.78, 5) is 23.8. The maximum atomic E-state index is 12.4. The van der Waals surface area contributed by atoms with Crippen molar-refractivity contribution in [3.63, 3.8) is 0 Å². The summed E-state index contributed by atoms with van der Waals surface area (Å²) in [6.45, 7) is 9.37. The Hall–Kier alpha value is -2.76. The molecule has 1 heterocycles. The van der Waals surface area contributed by atoms with Gasteiger partial charge in [0.05, 0.1) is 7.11 Å². The molecule has 0 aliphatic heterocycles. The summed E-state index contributed by atoms with van der Waals surface area (Å²) in [5.41, 5.74) is 3.21. The molecule has 1 aromatic carbocycles. The van der Waals surface area contributed by atoms with Gasteiger partial charge in [-0.05, 0) is 43.9 Å². The number of carboxylic acids is 1. The zero-order valence-electron chi connectivity index (χ0n) is 16.7. The van der Waals surface area contributed by atoms with Gasteiger partial charge in [-0.3, -0.25) is 4.79 Å². The molecule has 2 unspecified atom stereocenters. The van der Waals surface area contributed by atoms with Crippen molar-refractivity contribution in [3.8, 4) is 5.75 Å². The van der Waals surface area contributed by atoms with Gasteiger partial charge in [0.2, 0.25) is 5.91 Å². The lowest BCUT2D eigenvalue weighted by Gasteiger charge is -2.19. The number of nitrogens with one attached hydrogen (secondary N) is 1. The number of amides is 1. The lowest BCUT2D eigenvalue weighted by atomic mass is 9.98. The summed E-state index contributed by atoms with van der Waals surface area (Å²) >= 11 is 0. The molecular formula is C21H27NO5. The van der Waals surface area contributed by atoms with Crippen molar-refractivity contribution >= 4 is 28.4 Å². The largest absolute Gasteiger partial charge is 0.496 e. The van der Waals surface area contributed by atoms with E-state index in [2.05, 4.69) is 5.32 Å². The summed E-state index contributed by atoms with van der Waals surface area (Å²) in [5, 5.41) is 12.9. The van der Waals surface area contributed by atoms with Crippen LogP contribution >= 0.6 is 0 Å². The average Bonchev–Trinajstić information content (AvgIpc) is 2.91. The first-order valence-corrected chi connectivity index (χ1v) is 8.99. The maximum Gasteiger partial charge on any atom is 0.326 e. The van der Waals surface area contributed by atoms with E-state index < -0.39 is 17.9 Å². The van der Waals surface area contributed by atoms with Crippen molar-refractivity contribution < 1.29 is 23.8 Å². The number of fused-ring (bicyclic) bond motifs is 1. The minimum Gasteiger partial charge on any atom is -0.496 e. The molecule has 6 heteroatoms. The number of allylic oxidation sites excluding steroid dienone is 1. The molecule has 2 aromatic rings. The summed E-state index contributed by atoms with van der Waals surface area (Å²) in [7, 11) is 1.56. The number of furan rings is 1. The van der Waals surface area contributed by atoms with E-state index in [4.69, 9.17) is 9.15 Å². The fourth-order valence-electron chi connectivity index (χ4n) is 3.00. The summed E-state index contributed by atoms with van der Waals surface area (Å²) in [6, 6.07) is 2.82. The van der Waals surface area contributed by atoms with Crippen LogP contribution in [0.2, 0.25) is 0 Å². The number of aryl methyl sites for hydroxylation is 2. The predicted molar refractivity (Wildman–Crippen MR) is 105 cm³/mol. The van der Waals surface area contributed by atoms with Crippen molar-refractivity contribution in [2.45, 2.75) is 47.1 Å². The van der Waals surface area contributed by atoms with Gasteiger partial charge in [0, 0.05) is 23.1 Å². The molecule has 0 bridgehead atoms. The summed E-state index contributed by atoms with van der Waals surface area (Å²) in [5.74, 6) is -0.215. The van der Waals surface area contributed by atoms with Gasteiger partial charge in [-0.2, -0.15) is 0 Å². The van der Waals surface area contributed by atoms with Crippen LogP contribution in [0.3, 0.4) is 0 Å². The molecule has 6 nitrogen and oxygen atoms in total. The number of carbonyl (C=O) groups excluding carboxylic acids is 1. The number of hydrogen-bond donors (Lipinski definition) is 2.